The standard InChI is InChI=1S/C11H14N2O3/c12-6-9(11(15)16)13-7-10(14)8-4-2-1-3-5-8/h1-5,9,13H,6-7,12H2,(H,15,16). The molecule has 86 valence electrons. The van der Waals surface area contributed by atoms with Crippen LogP contribution in [0.1, 0.15) is 10.4 Å². The minimum atomic E-state index is -1.05. The van der Waals surface area contributed by atoms with E-state index in [-0.39, 0.29) is 18.9 Å². The van der Waals surface area contributed by atoms with E-state index in [0.29, 0.717) is 5.56 Å². The molecule has 1 rings (SSSR count). The van der Waals surface area contributed by atoms with Crippen LogP contribution in [0.4, 0.5) is 0 Å². The van der Waals surface area contributed by atoms with Crippen LogP contribution < -0.4 is 11.1 Å². The molecule has 1 aromatic rings. The molecule has 16 heavy (non-hydrogen) atoms. The van der Waals surface area contributed by atoms with Crippen LogP contribution >= 0.6 is 0 Å². The van der Waals surface area contributed by atoms with Gasteiger partial charge in [0.15, 0.2) is 5.78 Å². The van der Waals surface area contributed by atoms with Crippen LogP contribution in [0.3, 0.4) is 0 Å². The first-order chi connectivity index (χ1) is 7.65. The van der Waals surface area contributed by atoms with E-state index in [0.717, 1.165) is 0 Å². The SMILES string of the molecule is NCC(NCC(=O)c1ccccc1)C(=O)O. The number of rotatable bonds is 6. The molecule has 4 N–H and O–H groups in total. The molecular weight excluding hydrogens is 208 g/mol. The third-order valence-corrected chi connectivity index (χ3v) is 2.14. The molecule has 5 nitrogen and oxygen atoms in total. The number of carboxylic acid groups (broad SMARTS) is 1. The fourth-order valence-corrected chi connectivity index (χ4v) is 1.21. The highest BCUT2D eigenvalue weighted by molar-refractivity contribution is 5.97. The molecule has 0 aliphatic heterocycles. The molecule has 0 aliphatic carbocycles. The number of hydrogen-bond acceptors (Lipinski definition) is 4. The van der Waals surface area contributed by atoms with Crippen molar-refractivity contribution in [2.45, 2.75) is 6.04 Å². The average molecular weight is 222 g/mol. The van der Waals surface area contributed by atoms with Gasteiger partial charge in [-0.15, -0.1) is 0 Å². The summed E-state index contributed by atoms with van der Waals surface area (Å²) in [7, 11) is 0. The summed E-state index contributed by atoms with van der Waals surface area (Å²) >= 11 is 0. The van der Waals surface area contributed by atoms with Crippen molar-refractivity contribution >= 4 is 11.8 Å². The molecule has 0 aliphatic rings. The number of carbonyl (C=O) groups excluding carboxylic acids is 1. The summed E-state index contributed by atoms with van der Waals surface area (Å²) in [5.41, 5.74) is 5.80. The zero-order valence-electron chi connectivity index (χ0n) is 8.72. The first-order valence-electron chi connectivity index (χ1n) is 4.89. The lowest BCUT2D eigenvalue weighted by atomic mass is 10.1. The summed E-state index contributed by atoms with van der Waals surface area (Å²) in [6.45, 7) is -0.0738. The van der Waals surface area contributed by atoms with E-state index in [1.165, 1.54) is 0 Å². The number of nitrogens with one attached hydrogen (secondary N) is 1. The Balaban J connectivity index is 2.50. The van der Waals surface area contributed by atoms with E-state index in [1.54, 1.807) is 24.3 Å². The van der Waals surface area contributed by atoms with Gasteiger partial charge in [0.05, 0.1) is 6.54 Å². The lowest BCUT2D eigenvalue weighted by Crippen LogP contribution is -2.44. The van der Waals surface area contributed by atoms with Gasteiger partial charge in [-0.1, -0.05) is 30.3 Å². The Morgan fingerprint density at radius 1 is 1.31 bits per heavy atom. The van der Waals surface area contributed by atoms with E-state index in [4.69, 9.17) is 10.8 Å². The van der Waals surface area contributed by atoms with Crippen molar-refractivity contribution in [1.82, 2.24) is 5.32 Å². The Bertz CT molecular complexity index is 365. The van der Waals surface area contributed by atoms with Gasteiger partial charge in [0.1, 0.15) is 6.04 Å². The molecular formula is C11H14N2O3. The summed E-state index contributed by atoms with van der Waals surface area (Å²) in [5.74, 6) is -1.20. The highest BCUT2D eigenvalue weighted by Gasteiger charge is 2.16. The zero-order chi connectivity index (χ0) is 12.0. The average Bonchev–Trinajstić information content (AvgIpc) is 2.30. The van der Waals surface area contributed by atoms with Crippen molar-refractivity contribution in [3.63, 3.8) is 0 Å². The molecule has 0 fully saturated rings. The van der Waals surface area contributed by atoms with Crippen LogP contribution in [-0.4, -0.2) is 36.0 Å². The summed E-state index contributed by atoms with van der Waals surface area (Å²) in [4.78, 5) is 22.2. The van der Waals surface area contributed by atoms with Crippen LogP contribution in [0.15, 0.2) is 30.3 Å². The first kappa shape index (κ1) is 12.4. The first-order valence-corrected chi connectivity index (χ1v) is 4.89. The normalized spacial score (nSPS) is 12.1. The highest BCUT2D eigenvalue weighted by Crippen LogP contribution is 1.99. The van der Waals surface area contributed by atoms with Gasteiger partial charge in [0.25, 0.3) is 0 Å². The van der Waals surface area contributed by atoms with Gasteiger partial charge in [-0.3, -0.25) is 14.9 Å². The van der Waals surface area contributed by atoms with Crippen molar-refractivity contribution in [2.24, 2.45) is 5.73 Å². The van der Waals surface area contributed by atoms with Crippen molar-refractivity contribution < 1.29 is 14.7 Å². The molecule has 1 unspecified atom stereocenters. The second-order valence-corrected chi connectivity index (χ2v) is 3.30. The fourth-order valence-electron chi connectivity index (χ4n) is 1.21. The number of nitrogens with two attached hydrogens (primary N) is 1. The zero-order valence-corrected chi connectivity index (χ0v) is 8.72. The van der Waals surface area contributed by atoms with Gasteiger partial charge < -0.3 is 10.8 Å². The number of carbonyl (C=O) groups is 2. The maximum Gasteiger partial charge on any atom is 0.322 e. The van der Waals surface area contributed by atoms with Crippen molar-refractivity contribution in [2.75, 3.05) is 13.1 Å². The van der Waals surface area contributed by atoms with E-state index in [1.807, 2.05) is 6.07 Å². The quantitative estimate of drug-likeness (QED) is 0.583. The summed E-state index contributed by atoms with van der Waals surface area (Å²) < 4.78 is 0. The summed E-state index contributed by atoms with van der Waals surface area (Å²) in [6.07, 6.45) is 0. The number of aliphatic carboxylic acids is 1. The van der Waals surface area contributed by atoms with Gasteiger partial charge >= 0.3 is 5.97 Å². The topological polar surface area (TPSA) is 92.4 Å². The highest BCUT2D eigenvalue weighted by atomic mass is 16.4. The second-order valence-electron chi connectivity index (χ2n) is 3.30. The lowest BCUT2D eigenvalue weighted by molar-refractivity contribution is -0.139. The summed E-state index contributed by atoms with van der Waals surface area (Å²) in [6, 6.07) is 7.80. The van der Waals surface area contributed by atoms with Gasteiger partial charge in [-0.2, -0.15) is 0 Å². The smallest absolute Gasteiger partial charge is 0.322 e. The Hall–Kier alpha value is -1.72. The number of hydrogen-bond donors (Lipinski definition) is 3. The van der Waals surface area contributed by atoms with Crippen LogP contribution in [0, 0.1) is 0 Å². The maximum atomic E-state index is 11.6. The van der Waals surface area contributed by atoms with E-state index in [2.05, 4.69) is 5.32 Å². The van der Waals surface area contributed by atoms with Gasteiger partial charge in [-0.25, -0.2) is 0 Å². The van der Waals surface area contributed by atoms with Crippen molar-refractivity contribution in [3.05, 3.63) is 35.9 Å². The van der Waals surface area contributed by atoms with E-state index >= 15 is 0 Å². The third kappa shape index (κ3) is 3.45. The van der Waals surface area contributed by atoms with E-state index in [9.17, 15) is 9.59 Å². The minimum absolute atomic E-state index is 0.0296. The molecule has 0 radical (unpaired) electrons. The number of carboxylic acids is 1. The number of Topliss-reactive ketones (excluding diaryl/α,β-unsaturated/α-hetero) is 1. The van der Waals surface area contributed by atoms with Gasteiger partial charge in [-0.05, 0) is 0 Å². The predicted molar refractivity (Wildman–Crippen MR) is 59.3 cm³/mol. The molecule has 0 aromatic heterocycles. The van der Waals surface area contributed by atoms with Gasteiger partial charge in [0, 0.05) is 12.1 Å². The van der Waals surface area contributed by atoms with Crippen LogP contribution in [0.25, 0.3) is 0 Å². The Kier molecular flexibility index (Phi) is 4.63. The predicted octanol–water partition coefficient (Wildman–Crippen LogP) is -0.129. The number of ketones is 1. The van der Waals surface area contributed by atoms with Crippen molar-refractivity contribution in [1.29, 1.82) is 0 Å². The molecule has 1 atom stereocenters. The number of benzene rings is 1. The molecule has 0 spiro atoms. The monoisotopic (exact) mass is 222 g/mol. The largest absolute Gasteiger partial charge is 0.480 e. The molecule has 0 saturated carbocycles. The molecule has 0 saturated heterocycles. The molecule has 0 heterocycles. The third-order valence-electron chi connectivity index (χ3n) is 2.14. The Morgan fingerprint density at radius 3 is 2.44 bits per heavy atom. The molecule has 1 aromatic carbocycles. The molecule has 0 amide bonds. The van der Waals surface area contributed by atoms with E-state index < -0.39 is 12.0 Å². The Labute approximate surface area is 93.3 Å². The second kappa shape index (κ2) is 5.99. The maximum absolute atomic E-state index is 11.6. The molecule has 0 bridgehead atoms. The summed E-state index contributed by atoms with van der Waals surface area (Å²) in [5, 5.41) is 11.3. The Morgan fingerprint density at radius 2 is 1.94 bits per heavy atom. The van der Waals surface area contributed by atoms with Gasteiger partial charge in [0.2, 0.25) is 0 Å². The van der Waals surface area contributed by atoms with Crippen LogP contribution in [0.5, 0.6) is 0 Å². The van der Waals surface area contributed by atoms with Crippen LogP contribution in [-0.2, 0) is 4.79 Å². The van der Waals surface area contributed by atoms with Crippen molar-refractivity contribution in [3.8, 4) is 0 Å². The molecule has 5 heteroatoms. The lowest BCUT2D eigenvalue weighted by Gasteiger charge is -2.10. The minimum Gasteiger partial charge on any atom is -0.480 e. The van der Waals surface area contributed by atoms with Crippen LogP contribution in [0.2, 0.25) is 0 Å². The fraction of sp³-hybridized carbons (Fsp3) is 0.273.